The molecule has 0 spiro atoms. The van der Waals surface area contributed by atoms with Crippen molar-refractivity contribution < 1.29 is 19.5 Å². The first-order valence-corrected chi connectivity index (χ1v) is 6.86. The normalized spacial score (nSPS) is 18.9. The van der Waals surface area contributed by atoms with Gasteiger partial charge in [0.15, 0.2) is 0 Å². The van der Waals surface area contributed by atoms with Gasteiger partial charge in [-0.25, -0.2) is 4.79 Å². The first-order chi connectivity index (χ1) is 9.43. The third-order valence-electron chi connectivity index (χ3n) is 3.14. The number of aromatic carboxylic acids is 1. The number of hydrogen-bond donors (Lipinski definition) is 2. The smallest absolute Gasteiger partial charge is 0.337 e. The molecule has 1 unspecified atom stereocenters. The van der Waals surface area contributed by atoms with E-state index in [1.165, 1.54) is 11.0 Å². The maximum Gasteiger partial charge on any atom is 0.337 e. The molecule has 0 saturated carbocycles. The number of piperazine rings is 1. The van der Waals surface area contributed by atoms with Crippen molar-refractivity contribution >= 4 is 39.4 Å². The van der Waals surface area contributed by atoms with E-state index in [2.05, 4.69) is 21.2 Å². The highest BCUT2D eigenvalue weighted by Gasteiger charge is 2.34. The first-order valence-electron chi connectivity index (χ1n) is 6.07. The van der Waals surface area contributed by atoms with Crippen LogP contribution in [0.15, 0.2) is 22.7 Å². The van der Waals surface area contributed by atoms with Crippen molar-refractivity contribution in [2.75, 3.05) is 11.4 Å². The SMILES string of the molecule is CCC1C(=O)NC(=O)CN1c1ccc(Br)cc1C(=O)O. The topological polar surface area (TPSA) is 86.7 Å². The standard InChI is InChI=1S/C13H13BrN2O4/c1-2-9-12(18)15-11(17)6-16(9)10-4-3-7(14)5-8(10)13(19)20/h3-5,9H,2,6H2,1H3,(H,19,20)(H,15,17,18). The number of carboxylic acids is 1. The number of benzene rings is 1. The predicted octanol–water partition coefficient (Wildman–Crippen LogP) is 1.39. The van der Waals surface area contributed by atoms with Crippen molar-refractivity contribution in [3.05, 3.63) is 28.2 Å². The van der Waals surface area contributed by atoms with E-state index in [-0.39, 0.29) is 12.1 Å². The van der Waals surface area contributed by atoms with Gasteiger partial charge >= 0.3 is 5.97 Å². The number of halogens is 1. The van der Waals surface area contributed by atoms with Crippen LogP contribution in [0.4, 0.5) is 5.69 Å². The van der Waals surface area contributed by atoms with Gasteiger partial charge in [-0.1, -0.05) is 22.9 Å². The summed E-state index contributed by atoms with van der Waals surface area (Å²) in [6, 6.07) is 4.20. The lowest BCUT2D eigenvalue weighted by atomic mass is 10.1. The van der Waals surface area contributed by atoms with Crippen LogP contribution in [0.25, 0.3) is 0 Å². The molecular formula is C13H13BrN2O4. The third-order valence-corrected chi connectivity index (χ3v) is 3.63. The average molecular weight is 341 g/mol. The maximum absolute atomic E-state index is 11.8. The lowest BCUT2D eigenvalue weighted by Gasteiger charge is -2.35. The molecule has 1 aromatic carbocycles. The summed E-state index contributed by atoms with van der Waals surface area (Å²) in [6.07, 6.45) is 0.480. The molecule has 0 aliphatic carbocycles. The zero-order chi connectivity index (χ0) is 14.9. The molecule has 1 fully saturated rings. The molecule has 2 rings (SSSR count). The van der Waals surface area contributed by atoms with Gasteiger partial charge in [-0.05, 0) is 24.6 Å². The highest BCUT2D eigenvalue weighted by atomic mass is 79.9. The van der Waals surface area contributed by atoms with Gasteiger partial charge < -0.3 is 10.0 Å². The molecule has 1 atom stereocenters. The fraction of sp³-hybridized carbons (Fsp3) is 0.308. The second-order valence-corrected chi connectivity index (χ2v) is 5.35. The van der Waals surface area contributed by atoms with Crippen molar-refractivity contribution in [1.29, 1.82) is 0 Å². The Balaban J connectivity index is 2.50. The van der Waals surface area contributed by atoms with E-state index in [4.69, 9.17) is 0 Å². The van der Waals surface area contributed by atoms with E-state index in [1.807, 2.05) is 6.92 Å². The molecule has 20 heavy (non-hydrogen) atoms. The summed E-state index contributed by atoms with van der Waals surface area (Å²) >= 11 is 3.22. The Hall–Kier alpha value is -1.89. The molecule has 1 aliphatic rings. The summed E-state index contributed by atoms with van der Waals surface area (Å²) in [7, 11) is 0. The summed E-state index contributed by atoms with van der Waals surface area (Å²) in [6.45, 7) is 1.78. The molecule has 0 bridgehead atoms. The van der Waals surface area contributed by atoms with Gasteiger partial charge in [-0.15, -0.1) is 0 Å². The van der Waals surface area contributed by atoms with Crippen LogP contribution in [0.5, 0.6) is 0 Å². The van der Waals surface area contributed by atoms with Gasteiger partial charge in [0.25, 0.3) is 0 Å². The first kappa shape index (κ1) is 14.5. The van der Waals surface area contributed by atoms with Crippen LogP contribution in [-0.4, -0.2) is 35.5 Å². The molecule has 7 heteroatoms. The monoisotopic (exact) mass is 340 g/mol. The minimum atomic E-state index is -1.10. The summed E-state index contributed by atoms with van der Waals surface area (Å²) < 4.78 is 0.625. The Morgan fingerprint density at radius 2 is 2.20 bits per heavy atom. The molecular weight excluding hydrogens is 328 g/mol. The van der Waals surface area contributed by atoms with Crippen LogP contribution in [0.2, 0.25) is 0 Å². The number of nitrogens with zero attached hydrogens (tertiary/aromatic N) is 1. The lowest BCUT2D eigenvalue weighted by molar-refractivity contribution is -0.132. The Morgan fingerprint density at radius 3 is 2.80 bits per heavy atom. The quantitative estimate of drug-likeness (QED) is 0.812. The average Bonchev–Trinajstić information content (AvgIpc) is 2.37. The Bertz CT molecular complexity index is 588. The number of anilines is 1. The molecule has 1 aromatic rings. The molecule has 1 saturated heterocycles. The van der Waals surface area contributed by atoms with Gasteiger partial charge in [0.2, 0.25) is 11.8 Å². The summed E-state index contributed by atoms with van der Waals surface area (Å²) in [4.78, 5) is 36.3. The minimum Gasteiger partial charge on any atom is -0.478 e. The molecule has 2 amide bonds. The summed E-state index contributed by atoms with van der Waals surface area (Å²) in [5.74, 6) is -1.93. The van der Waals surface area contributed by atoms with Crippen molar-refractivity contribution in [3.63, 3.8) is 0 Å². The van der Waals surface area contributed by atoms with E-state index >= 15 is 0 Å². The van der Waals surface area contributed by atoms with Gasteiger partial charge in [0, 0.05) is 4.47 Å². The summed E-state index contributed by atoms with van der Waals surface area (Å²) in [5, 5.41) is 11.5. The number of carboxylic acid groups (broad SMARTS) is 1. The number of rotatable bonds is 3. The van der Waals surface area contributed by atoms with E-state index < -0.39 is 23.8 Å². The number of carbonyl (C=O) groups excluding carboxylic acids is 2. The van der Waals surface area contributed by atoms with E-state index in [9.17, 15) is 19.5 Å². The number of nitrogens with one attached hydrogen (secondary N) is 1. The fourth-order valence-electron chi connectivity index (χ4n) is 2.26. The second kappa shape index (κ2) is 5.62. The lowest BCUT2D eigenvalue weighted by Crippen LogP contribution is -2.58. The van der Waals surface area contributed by atoms with Gasteiger partial charge in [-0.3, -0.25) is 14.9 Å². The van der Waals surface area contributed by atoms with Gasteiger partial charge in [0.05, 0.1) is 17.8 Å². The highest BCUT2D eigenvalue weighted by molar-refractivity contribution is 9.10. The third kappa shape index (κ3) is 2.67. The van der Waals surface area contributed by atoms with Crippen molar-refractivity contribution in [3.8, 4) is 0 Å². The maximum atomic E-state index is 11.8. The van der Waals surface area contributed by atoms with E-state index in [1.54, 1.807) is 12.1 Å². The molecule has 6 nitrogen and oxygen atoms in total. The van der Waals surface area contributed by atoms with Crippen LogP contribution in [-0.2, 0) is 9.59 Å². The van der Waals surface area contributed by atoms with Crippen LogP contribution in [0, 0.1) is 0 Å². The highest BCUT2D eigenvalue weighted by Crippen LogP contribution is 2.28. The molecule has 2 N–H and O–H groups in total. The van der Waals surface area contributed by atoms with Gasteiger partial charge in [-0.2, -0.15) is 0 Å². The van der Waals surface area contributed by atoms with Crippen LogP contribution < -0.4 is 10.2 Å². The molecule has 0 aromatic heterocycles. The predicted molar refractivity (Wildman–Crippen MR) is 75.7 cm³/mol. The van der Waals surface area contributed by atoms with Crippen molar-refractivity contribution in [2.24, 2.45) is 0 Å². The van der Waals surface area contributed by atoms with E-state index in [0.29, 0.717) is 16.6 Å². The molecule has 106 valence electrons. The van der Waals surface area contributed by atoms with Gasteiger partial charge in [0.1, 0.15) is 6.04 Å². The van der Waals surface area contributed by atoms with Crippen LogP contribution >= 0.6 is 15.9 Å². The zero-order valence-electron chi connectivity index (χ0n) is 10.7. The van der Waals surface area contributed by atoms with Crippen LogP contribution in [0.3, 0.4) is 0 Å². The molecule has 1 aliphatic heterocycles. The number of hydrogen-bond acceptors (Lipinski definition) is 4. The number of carbonyl (C=O) groups is 3. The fourth-order valence-corrected chi connectivity index (χ4v) is 2.62. The van der Waals surface area contributed by atoms with Crippen molar-refractivity contribution in [2.45, 2.75) is 19.4 Å². The van der Waals surface area contributed by atoms with Crippen molar-refractivity contribution in [1.82, 2.24) is 5.32 Å². The zero-order valence-corrected chi connectivity index (χ0v) is 12.3. The Labute approximate surface area is 123 Å². The Morgan fingerprint density at radius 1 is 1.50 bits per heavy atom. The Kier molecular flexibility index (Phi) is 4.08. The summed E-state index contributed by atoms with van der Waals surface area (Å²) in [5.41, 5.74) is 0.427. The molecule has 0 radical (unpaired) electrons. The minimum absolute atomic E-state index is 0.0356. The molecule has 1 heterocycles. The number of amides is 2. The number of imide groups is 1. The van der Waals surface area contributed by atoms with Crippen LogP contribution in [0.1, 0.15) is 23.7 Å². The largest absolute Gasteiger partial charge is 0.478 e. The second-order valence-electron chi connectivity index (χ2n) is 4.43. The van der Waals surface area contributed by atoms with E-state index in [0.717, 1.165) is 0 Å².